The van der Waals surface area contributed by atoms with Gasteiger partial charge in [-0.15, -0.1) is 0 Å². The van der Waals surface area contributed by atoms with E-state index in [-0.39, 0.29) is 18.1 Å². The number of ether oxygens (including phenoxy) is 1. The Morgan fingerprint density at radius 2 is 1.71 bits per heavy atom. The number of piperazine rings is 1. The van der Waals surface area contributed by atoms with Gasteiger partial charge in [0.2, 0.25) is 5.91 Å². The summed E-state index contributed by atoms with van der Waals surface area (Å²) in [6, 6.07) is 7.93. The third-order valence-corrected chi connectivity index (χ3v) is 7.02. The zero-order chi connectivity index (χ0) is 20.3. The highest BCUT2D eigenvalue weighted by atomic mass is 32.2. The van der Waals surface area contributed by atoms with Crippen LogP contribution in [-0.4, -0.2) is 79.3 Å². The number of nitrogens with zero attached hydrogens (tertiary/aromatic N) is 3. The smallest absolute Gasteiger partial charge is 0.282 e. The number of hydrogen-bond donors (Lipinski definition) is 0. The standard InChI is InChI=1S/C20H29N3O4S/c1-16-5-4-6-19(13-16)7-8-20(24)21-9-11-22(12-10-21)28(25,26)23-14-17(2)27-18(3)15-23/h4-8,13,17-18H,9-12,14-15H2,1-3H3/b8-7+. The lowest BCUT2D eigenvalue weighted by molar-refractivity contribution is -0.127. The van der Waals surface area contributed by atoms with E-state index in [0.717, 1.165) is 11.1 Å². The molecule has 2 aliphatic heterocycles. The first-order valence-electron chi connectivity index (χ1n) is 9.70. The minimum Gasteiger partial charge on any atom is -0.373 e. The van der Waals surface area contributed by atoms with Crippen LogP contribution in [0.1, 0.15) is 25.0 Å². The number of carbonyl (C=O) groups excluding carboxylic acids is 1. The Labute approximate surface area is 167 Å². The number of carbonyl (C=O) groups is 1. The van der Waals surface area contributed by atoms with Crippen LogP contribution in [0.15, 0.2) is 30.3 Å². The van der Waals surface area contributed by atoms with Gasteiger partial charge in [-0.1, -0.05) is 29.8 Å². The van der Waals surface area contributed by atoms with E-state index in [1.54, 1.807) is 17.1 Å². The van der Waals surface area contributed by atoms with E-state index in [2.05, 4.69) is 0 Å². The molecule has 2 aliphatic rings. The van der Waals surface area contributed by atoms with Crippen molar-refractivity contribution in [3.63, 3.8) is 0 Å². The highest BCUT2D eigenvalue weighted by Gasteiger charge is 2.37. The predicted molar refractivity (Wildman–Crippen MR) is 109 cm³/mol. The van der Waals surface area contributed by atoms with E-state index in [1.165, 1.54) is 8.61 Å². The van der Waals surface area contributed by atoms with E-state index in [4.69, 9.17) is 4.74 Å². The first-order valence-corrected chi connectivity index (χ1v) is 11.1. The molecule has 0 aliphatic carbocycles. The molecule has 1 aromatic rings. The summed E-state index contributed by atoms with van der Waals surface area (Å²) in [5, 5.41) is 0. The van der Waals surface area contributed by atoms with Gasteiger partial charge in [-0.2, -0.15) is 17.0 Å². The van der Waals surface area contributed by atoms with Gasteiger partial charge in [0.1, 0.15) is 0 Å². The van der Waals surface area contributed by atoms with Gasteiger partial charge >= 0.3 is 0 Å². The molecule has 0 aromatic heterocycles. The van der Waals surface area contributed by atoms with E-state index >= 15 is 0 Å². The number of hydrogen-bond acceptors (Lipinski definition) is 4. The first-order chi connectivity index (χ1) is 13.3. The summed E-state index contributed by atoms with van der Waals surface area (Å²) in [5.74, 6) is -0.0906. The lowest BCUT2D eigenvalue weighted by Gasteiger charge is -2.40. The van der Waals surface area contributed by atoms with Gasteiger partial charge in [-0.05, 0) is 32.4 Å². The van der Waals surface area contributed by atoms with Gasteiger partial charge in [-0.3, -0.25) is 4.79 Å². The van der Waals surface area contributed by atoms with Crippen molar-refractivity contribution in [3.05, 3.63) is 41.5 Å². The molecule has 154 valence electrons. The number of amides is 1. The second-order valence-electron chi connectivity index (χ2n) is 7.55. The van der Waals surface area contributed by atoms with Crippen molar-refractivity contribution >= 4 is 22.2 Å². The van der Waals surface area contributed by atoms with Crippen LogP contribution in [0.3, 0.4) is 0 Å². The topological polar surface area (TPSA) is 70.2 Å². The highest BCUT2D eigenvalue weighted by molar-refractivity contribution is 7.86. The lowest BCUT2D eigenvalue weighted by atomic mass is 10.1. The van der Waals surface area contributed by atoms with Crippen molar-refractivity contribution in [1.29, 1.82) is 0 Å². The van der Waals surface area contributed by atoms with E-state index in [9.17, 15) is 13.2 Å². The van der Waals surface area contributed by atoms with Gasteiger partial charge in [0.15, 0.2) is 0 Å². The Morgan fingerprint density at radius 3 is 2.32 bits per heavy atom. The molecule has 0 radical (unpaired) electrons. The summed E-state index contributed by atoms with van der Waals surface area (Å²) >= 11 is 0. The molecule has 0 saturated carbocycles. The van der Waals surface area contributed by atoms with Gasteiger partial charge < -0.3 is 9.64 Å². The Balaban J connectivity index is 1.57. The van der Waals surface area contributed by atoms with Gasteiger partial charge in [-0.25, -0.2) is 0 Å². The van der Waals surface area contributed by atoms with Crippen LogP contribution in [0, 0.1) is 6.92 Å². The molecule has 2 fully saturated rings. The molecule has 1 amide bonds. The van der Waals surface area contributed by atoms with Crippen molar-refractivity contribution in [2.24, 2.45) is 0 Å². The Hall–Kier alpha value is -1.74. The maximum atomic E-state index is 12.9. The Bertz CT molecular complexity index is 822. The summed E-state index contributed by atoms with van der Waals surface area (Å²) in [4.78, 5) is 14.1. The second-order valence-corrected chi connectivity index (χ2v) is 9.48. The van der Waals surface area contributed by atoms with E-state index in [0.29, 0.717) is 39.3 Å². The summed E-state index contributed by atoms with van der Waals surface area (Å²) in [5.41, 5.74) is 2.12. The van der Waals surface area contributed by atoms with Crippen LogP contribution < -0.4 is 0 Å². The molecule has 1 aromatic carbocycles. The van der Waals surface area contributed by atoms with E-state index < -0.39 is 10.2 Å². The molecular weight excluding hydrogens is 378 g/mol. The van der Waals surface area contributed by atoms with Gasteiger partial charge in [0.25, 0.3) is 10.2 Å². The Morgan fingerprint density at radius 1 is 1.07 bits per heavy atom. The molecule has 3 rings (SSSR count). The summed E-state index contributed by atoms with van der Waals surface area (Å²) in [6.07, 6.45) is 3.13. The number of benzene rings is 1. The summed E-state index contributed by atoms with van der Waals surface area (Å²) < 4.78 is 34.5. The molecule has 0 N–H and O–H groups in total. The van der Waals surface area contributed by atoms with Crippen LogP contribution in [0.4, 0.5) is 0 Å². The molecule has 2 saturated heterocycles. The fraction of sp³-hybridized carbons (Fsp3) is 0.550. The highest BCUT2D eigenvalue weighted by Crippen LogP contribution is 2.19. The second kappa shape index (κ2) is 8.73. The number of aryl methyl sites for hydroxylation is 1. The molecule has 8 heteroatoms. The van der Waals surface area contributed by atoms with Crippen molar-refractivity contribution in [3.8, 4) is 0 Å². The largest absolute Gasteiger partial charge is 0.373 e. The minimum atomic E-state index is -3.53. The monoisotopic (exact) mass is 407 g/mol. The SMILES string of the molecule is Cc1cccc(/C=C/C(=O)N2CCN(S(=O)(=O)N3CC(C)OC(C)C3)CC2)c1. The van der Waals surface area contributed by atoms with Gasteiger partial charge in [0, 0.05) is 45.3 Å². The van der Waals surface area contributed by atoms with Crippen molar-refractivity contribution in [2.75, 3.05) is 39.3 Å². The maximum Gasteiger partial charge on any atom is 0.282 e. The third-order valence-electron chi connectivity index (χ3n) is 5.05. The van der Waals surface area contributed by atoms with Crippen molar-refractivity contribution in [1.82, 2.24) is 13.5 Å². The zero-order valence-corrected chi connectivity index (χ0v) is 17.6. The molecule has 2 atom stereocenters. The summed E-state index contributed by atoms with van der Waals surface area (Å²) in [6.45, 7) is 7.92. The molecular formula is C20H29N3O4S. The summed E-state index contributed by atoms with van der Waals surface area (Å²) in [7, 11) is -3.53. The third kappa shape index (κ3) is 5.00. The zero-order valence-electron chi connectivity index (χ0n) is 16.7. The Kier molecular flexibility index (Phi) is 6.54. The molecule has 0 bridgehead atoms. The molecule has 28 heavy (non-hydrogen) atoms. The van der Waals surface area contributed by atoms with Crippen LogP contribution in [0.5, 0.6) is 0 Å². The molecule has 0 spiro atoms. The molecule has 7 nitrogen and oxygen atoms in total. The lowest BCUT2D eigenvalue weighted by Crippen LogP contribution is -2.57. The van der Waals surface area contributed by atoms with Crippen LogP contribution >= 0.6 is 0 Å². The first kappa shape index (κ1) is 21.0. The predicted octanol–water partition coefficient (Wildman–Crippen LogP) is 1.51. The molecule has 2 heterocycles. The average Bonchev–Trinajstić information content (AvgIpc) is 2.65. The molecule has 2 unspecified atom stereocenters. The minimum absolute atomic E-state index is 0.0906. The fourth-order valence-electron chi connectivity index (χ4n) is 3.67. The normalized spacial score (nSPS) is 25.3. The quantitative estimate of drug-likeness (QED) is 0.710. The van der Waals surface area contributed by atoms with Crippen molar-refractivity contribution < 1.29 is 17.9 Å². The maximum absolute atomic E-state index is 12.9. The van der Waals surface area contributed by atoms with Crippen LogP contribution in [0.2, 0.25) is 0 Å². The van der Waals surface area contributed by atoms with Crippen molar-refractivity contribution in [2.45, 2.75) is 33.0 Å². The van der Waals surface area contributed by atoms with Crippen LogP contribution in [0.25, 0.3) is 6.08 Å². The average molecular weight is 408 g/mol. The fourth-order valence-corrected chi connectivity index (χ4v) is 5.42. The van der Waals surface area contributed by atoms with Crippen LogP contribution in [-0.2, 0) is 19.7 Å². The van der Waals surface area contributed by atoms with Gasteiger partial charge in [0.05, 0.1) is 12.2 Å². The number of rotatable bonds is 4. The number of morpholine rings is 1. The van der Waals surface area contributed by atoms with E-state index in [1.807, 2.05) is 45.0 Å².